The van der Waals surface area contributed by atoms with Gasteiger partial charge in [-0.25, -0.2) is 9.37 Å². The minimum Gasteiger partial charge on any atom is -0.349 e. The summed E-state index contributed by atoms with van der Waals surface area (Å²) in [6.45, 7) is 6.02. The Balaban J connectivity index is 1.76. The van der Waals surface area contributed by atoms with Crippen molar-refractivity contribution in [2.75, 3.05) is 24.5 Å². The Morgan fingerprint density at radius 3 is 2.70 bits per heavy atom. The highest BCUT2D eigenvalue weighted by Gasteiger charge is 2.39. The van der Waals surface area contributed by atoms with E-state index in [1.54, 1.807) is 16.7 Å². The first-order valence-electron chi connectivity index (χ1n) is 11.0. The Morgan fingerprint density at radius 2 is 2.03 bits per heavy atom. The van der Waals surface area contributed by atoms with Crippen LogP contribution in [0.3, 0.4) is 0 Å². The number of H-pyrrole nitrogens is 1. The number of nitrogens with one attached hydrogen (secondary N) is 1. The lowest BCUT2D eigenvalue weighted by atomic mass is 9.97. The average molecular weight is 536 g/mol. The number of hydrogen-bond acceptors (Lipinski definition) is 6. The fraction of sp³-hybridized carbons (Fsp3) is 0.261. The summed E-state index contributed by atoms with van der Waals surface area (Å²) in [5.41, 5.74) is -4.54. The molecule has 5 rings (SSSR count). The number of pyridine rings is 1. The number of rotatable bonds is 3. The molecular formula is C23H18ClF4N7O2. The number of amides is 1. The van der Waals surface area contributed by atoms with Crippen LogP contribution in [0.25, 0.3) is 27.5 Å². The van der Waals surface area contributed by atoms with E-state index in [0.29, 0.717) is 0 Å². The molecule has 1 aromatic carbocycles. The number of anilines is 1. The first-order valence-corrected chi connectivity index (χ1v) is 11.4. The number of carbonyl (C=O) groups is 1. The van der Waals surface area contributed by atoms with Gasteiger partial charge in [0, 0.05) is 31.1 Å². The second kappa shape index (κ2) is 8.83. The smallest absolute Gasteiger partial charge is 0.349 e. The molecule has 1 aliphatic heterocycles. The summed E-state index contributed by atoms with van der Waals surface area (Å²) in [7, 11) is 0. The Bertz CT molecular complexity index is 1630. The molecule has 0 spiro atoms. The summed E-state index contributed by atoms with van der Waals surface area (Å²) >= 11 is 5.95. The summed E-state index contributed by atoms with van der Waals surface area (Å²) in [4.78, 5) is 33.0. The summed E-state index contributed by atoms with van der Waals surface area (Å²) in [5, 5.41) is 9.85. The molecule has 1 aliphatic rings. The van der Waals surface area contributed by atoms with E-state index in [4.69, 9.17) is 11.6 Å². The number of hydrogen-bond donors (Lipinski definition) is 1. The van der Waals surface area contributed by atoms with Crippen molar-refractivity contribution in [3.63, 3.8) is 0 Å². The van der Waals surface area contributed by atoms with Crippen molar-refractivity contribution in [1.29, 1.82) is 0 Å². The van der Waals surface area contributed by atoms with E-state index < -0.39 is 39.3 Å². The molecule has 1 amide bonds. The van der Waals surface area contributed by atoms with Crippen LogP contribution in [0.2, 0.25) is 5.02 Å². The topological polar surface area (TPSA) is 99.5 Å². The van der Waals surface area contributed by atoms with Crippen molar-refractivity contribution < 1.29 is 22.4 Å². The van der Waals surface area contributed by atoms with E-state index in [-0.39, 0.29) is 53.8 Å². The van der Waals surface area contributed by atoms with E-state index in [9.17, 15) is 22.8 Å². The van der Waals surface area contributed by atoms with E-state index in [2.05, 4.69) is 26.9 Å². The van der Waals surface area contributed by atoms with Crippen LogP contribution in [0.4, 0.5) is 23.4 Å². The van der Waals surface area contributed by atoms with E-state index in [1.165, 1.54) is 18.3 Å². The number of fused-ring (bicyclic) bond motifs is 2. The van der Waals surface area contributed by atoms with Crippen molar-refractivity contribution in [3.05, 3.63) is 64.1 Å². The summed E-state index contributed by atoms with van der Waals surface area (Å²) in [5.74, 6) is -1.40. The normalized spacial score (nSPS) is 16.5. The summed E-state index contributed by atoms with van der Waals surface area (Å²) in [6.07, 6.45) is -1.56. The van der Waals surface area contributed by atoms with Gasteiger partial charge in [0.1, 0.15) is 11.8 Å². The van der Waals surface area contributed by atoms with Gasteiger partial charge in [-0.05, 0) is 25.1 Å². The van der Waals surface area contributed by atoms with E-state index in [1.807, 2.05) is 0 Å². The van der Waals surface area contributed by atoms with Crippen LogP contribution in [0.1, 0.15) is 12.5 Å². The Kier molecular flexibility index (Phi) is 5.89. The lowest BCUT2D eigenvalue weighted by Gasteiger charge is -2.40. The quantitative estimate of drug-likeness (QED) is 0.317. The number of aromatic amines is 1. The minimum absolute atomic E-state index is 0.0700. The minimum atomic E-state index is -5.04. The lowest BCUT2D eigenvalue weighted by Crippen LogP contribution is -2.53. The third kappa shape index (κ3) is 3.99. The molecule has 14 heteroatoms. The molecule has 1 fully saturated rings. The number of halogens is 5. The van der Waals surface area contributed by atoms with Gasteiger partial charge >= 0.3 is 6.18 Å². The van der Waals surface area contributed by atoms with Gasteiger partial charge in [0.2, 0.25) is 5.91 Å². The third-order valence-electron chi connectivity index (χ3n) is 6.33. The number of piperazine rings is 1. The molecule has 4 heterocycles. The first-order chi connectivity index (χ1) is 17.5. The molecule has 9 nitrogen and oxygen atoms in total. The molecule has 37 heavy (non-hydrogen) atoms. The maximum absolute atomic E-state index is 15.2. The molecule has 1 saturated heterocycles. The number of nitrogens with zero attached hydrogens (tertiary/aromatic N) is 6. The molecule has 4 aromatic rings. The van der Waals surface area contributed by atoms with Gasteiger partial charge in [-0.3, -0.25) is 14.7 Å². The van der Waals surface area contributed by atoms with Crippen molar-refractivity contribution in [1.82, 2.24) is 29.7 Å². The van der Waals surface area contributed by atoms with Crippen LogP contribution in [0.15, 0.2) is 42.1 Å². The SMILES string of the molecule is C=CC(=O)N1CCN(c2ncnn3c(=O)c(-c4c(F)c(Cl)cc5cn[nH]c45)c(C(F)(F)F)cc23)[C@@H](C)C1. The van der Waals surface area contributed by atoms with Gasteiger partial charge in [-0.1, -0.05) is 18.2 Å². The Hall–Kier alpha value is -4.00. The maximum Gasteiger partial charge on any atom is 0.417 e. The predicted octanol–water partition coefficient (Wildman–Crippen LogP) is 3.67. The van der Waals surface area contributed by atoms with Gasteiger partial charge in [0.25, 0.3) is 5.56 Å². The second-order valence-corrected chi connectivity index (χ2v) is 8.94. The third-order valence-corrected chi connectivity index (χ3v) is 6.61. The van der Waals surface area contributed by atoms with Gasteiger partial charge in [0.15, 0.2) is 11.6 Å². The summed E-state index contributed by atoms with van der Waals surface area (Å²) < 4.78 is 59.2. The summed E-state index contributed by atoms with van der Waals surface area (Å²) in [6, 6.07) is 1.57. The molecule has 1 N–H and O–H groups in total. The fourth-order valence-electron chi connectivity index (χ4n) is 4.63. The number of carbonyl (C=O) groups excluding carboxylic acids is 1. The highest BCUT2D eigenvalue weighted by atomic mass is 35.5. The zero-order valence-electron chi connectivity index (χ0n) is 19.2. The zero-order chi connectivity index (χ0) is 26.6. The Morgan fingerprint density at radius 1 is 1.27 bits per heavy atom. The molecule has 0 aliphatic carbocycles. The van der Waals surface area contributed by atoms with E-state index >= 15 is 4.39 Å². The van der Waals surface area contributed by atoms with Crippen LogP contribution < -0.4 is 10.5 Å². The maximum atomic E-state index is 15.2. The van der Waals surface area contributed by atoms with Crippen molar-refractivity contribution in [2.45, 2.75) is 19.1 Å². The molecular weight excluding hydrogens is 518 g/mol. The average Bonchev–Trinajstić information content (AvgIpc) is 3.32. The van der Waals surface area contributed by atoms with Crippen molar-refractivity contribution >= 4 is 39.7 Å². The van der Waals surface area contributed by atoms with Crippen LogP contribution in [0.5, 0.6) is 0 Å². The van der Waals surface area contributed by atoms with Crippen molar-refractivity contribution in [2.24, 2.45) is 0 Å². The second-order valence-electron chi connectivity index (χ2n) is 8.53. The Labute approximate surface area is 211 Å². The van der Waals surface area contributed by atoms with Crippen molar-refractivity contribution in [3.8, 4) is 11.1 Å². The molecule has 0 bridgehead atoms. The number of benzene rings is 1. The molecule has 0 saturated carbocycles. The highest BCUT2D eigenvalue weighted by Crippen LogP contribution is 2.41. The standard InChI is InChI=1S/C23H18ClF4N7O2/c1-3-16(36)33-4-5-34(11(2)9-33)21-15-7-13(23(26,27)28)17(22(37)35(15)31-10-29-21)18-19(25)14(24)6-12-8-30-32-20(12)18/h3,6-8,10-11H,1,4-5,9H2,2H3,(H,30,32)/t11-/m0/s1. The molecule has 192 valence electrons. The predicted molar refractivity (Wildman–Crippen MR) is 128 cm³/mol. The zero-order valence-corrected chi connectivity index (χ0v) is 19.9. The fourth-order valence-corrected chi connectivity index (χ4v) is 4.84. The monoisotopic (exact) mass is 535 g/mol. The lowest BCUT2D eigenvalue weighted by molar-refractivity contribution is -0.137. The van der Waals surface area contributed by atoms with E-state index in [0.717, 1.165) is 16.9 Å². The first kappa shape index (κ1) is 24.7. The van der Waals surface area contributed by atoms with Crippen LogP contribution in [-0.2, 0) is 11.0 Å². The molecule has 0 unspecified atom stereocenters. The van der Waals surface area contributed by atoms with Crippen LogP contribution in [0, 0.1) is 5.82 Å². The van der Waals surface area contributed by atoms with Gasteiger partial charge < -0.3 is 9.80 Å². The molecule has 0 radical (unpaired) electrons. The number of aromatic nitrogens is 5. The van der Waals surface area contributed by atoms with Crippen LogP contribution >= 0.6 is 11.6 Å². The number of alkyl halides is 3. The van der Waals surface area contributed by atoms with Crippen LogP contribution in [-0.4, -0.2) is 61.3 Å². The molecule has 3 aromatic heterocycles. The molecule has 1 atom stereocenters. The largest absolute Gasteiger partial charge is 0.417 e. The van der Waals surface area contributed by atoms with Gasteiger partial charge in [0.05, 0.1) is 33.4 Å². The van der Waals surface area contributed by atoms with Gasteiger partial charge in [-0.2, -0.15) is 27.9 Å². The highest BCUT2D eigenvalue weighted by molar-refractivity contribution is 6.32. The van der Waals surface area contributed by atoms with Gasteiger partial charge in [-0.15, -0.1) is 0 Å².